The Morgan fingerprint density at radius 2 is 1.72 bits per heavy atom. The Kier molecular flexibility index (Phi) is 7.53. The quantitative estimate of drug-likeness (QED) is 0.134. The highest BCUT2D eigenvalue weighted by Gasteiger charge is 2.44. The lowest BCUT2D eigenvalue weighted by atomic mass is 10.00. The number of imide groups is 2. The van der Waals surface area contributed by atoms with Crippen molar-refractivity contribution in [1.29, 1.82) is 0 Å². The van der Waals surface area contributed by atoms with Gasteiger partial charge in [-0.2, -0.15) is 4.98 Å². The van der Waals surface area contributed by atoms with Gasteiger partial charge in [-0.1, -0.05) is 36.1 Å². The van der Waals surface area contributed by atoms with Crippen molar-refractivity contribution in [2.24, 2.45) is 5.92 Å². The van der Waals surface area contributed by atoms with Crippen molar-refractivity contribution in [1.82, 2.24) is 20.2 Å². The van der Waals surface area contributed by atoms with Gasteiger partial charge >= 0.3 is 0 Å². The van der Waals surface area contributed by atoms with E-state index in [9.17, 15) is 29.3 Å². The number of rotatable bonds is 7. The van der Waals surface area contributed by atoms with Crippen LogP contribution in [-0.4, -0.2) is 69.1 Å². The van der Waals surface area contributed by atoms with Gasteiger partial charge in [0.25, 0.3) is 17.5 Å². The summed E-state index contributed by atoms with van der Waals surface area (Å²) < 4.78 is 0. The van der Waals surface area contributed by atoms with Crippen LogP contribution in [0.4, 0.5) is 17.5 Å². The summed E-state index contributed by atoms with van der Waals surface area (Å²) in [6.07, 6.45) is 0.817. The number of para-hydroxylation sites is 1. The highest BCUT2D eigenvalue weighted by molar-refractivity contribution is 6.23. The molecule has 0 radical (unpaired) electrons. The van der Waals surface area contributed by atoms with Crippen LogP contribution in [0.3, 0.4) is 0 Å². The summed E-state index contributed by atoms with van der Waals surface area (Å²) in [5.74, 6) is 5.48. The van der Waals surface area contributed by atoms with Gasteiger partial charge in [-0.05, 0) is 48.7 Å². The number of nitro benzene ring substituents is 1. The van der Waals surface area contributed by atoms with Crippen molar-refractivity contribution in [3.05, 3.63) is 99.1 Å². The summed E-state index contributed by atoms with van der Waals surface area (Å²) in [5, 5.41) is 17.4. The first-order valence-corrected chi connectivity index (χ1v) is 15.1. The topological polar surface area (TPSA) is 168 Å². The zero-order valence-corrected chi connectivity index (χ0v) is 24.9. The second-order valence-corrected chi connectivity index (χ2v) is 11.6. The zero-order chi connectivity index (χ0) is 32.7. The molecule has 1 atom stereocenters. The molecule has 1 unspecified atom stereocenters. The van der Waals surface area contributed by atoms with Crippen molar-refractivity contribution in [3.8, 4) is 11.8 Å². The molecule has 13 heteroatoms. The van der Waals surface area contributed by atoms with E-state index in [1.807, 2.05) is 29.2 Å². The Labute approximate surface area is 268 Å². The molecule has 13 nitrogen and oxygen atoms in total. The monoisotopic (exact) mass is 629 g/mol. The van der Waals surface area contributed by atoms with Gasteiger partial charge in [-0.15, -0.1) is 0 Å². The number of non-ortho nitro benzene ring substituents is 1. The number of fused-ring (bicyclic) bond motifs is 2. The van der Waals surface area contributed by atoms with Gasteiger partial charge in [0.15, 0.2) is 0 Å². The molecule has 1 aromatic heterocycles. The van der Waals surface area contributed by atoms with Crippen molar-refractivity contribution in [2.45, 2.75) is 25.3 Å². The molecule has 3 aromatic carbocycles. The molecule has 0 aliphatic carbocycles. The third kappa shape index (κ3) is 5.72. The van der Waals surface area contributed by atoms with Crippen LogP contribution in [0, 0.1) is 27.9 Å². The Hall–Kier alpha value is -6.16. The average molecular weight is 630 g/mol. The number of piperidine rings is 1. The lowest BCUT2D eigenvalue weighted by Gasteiger charge is -2.36. The number of nitrogens with zero attached hydrogens (tertiary/aromatic N) is 5. The number of amides is 4. The van der Waals surface area contributed by atoms with Gasteiger partial charge in [0.05, 0.1) is 27.5 Å². The molecule has 2 saturated heterocycles. The van der Waals surface area contributed by atoms with E-state index in [0.717, 1.165) is 21.4 Å². The number of carbonyl (C=O) groups is 4. The number of nitro groups is 1. The fraction of sp³-hybridized carbons (Fsp3) is 0.235. The maximum Gasteiger partial charge on any atom is 0.269 e. The zero-order valence-electron chi connectivity index (χ0n) is 24.9. The van der Waals surface area contributed by atoms with Gasteiger partial charge in [0, 0.05) is 49.1 Å². The molecule has 4 heterocycles. The molecule has 0 bridgehead atoms. The van der Waals surface area contributed by atoms with Crippen LogP contribution in [0.1, 0.15) is 44.7 Å². The summed E-state index contributed by atoms with van der Waals surface area (Å²) in [6.45, 7) is 1.80. The number of hydrogen-bond donors (Lipinski definition) is 2. The first-order chi connectivity index (χ1) is 22.7. The average Bonchev–Trinajstić information content (AvgIpc) is 3.29. The smallest absolute Gasteiger partial charge is 0.269 e. The Bertz CT molecular complexity index is 2050. The summed E-state index contributed by atoms with van der Waals surface area (Å²) in [5.41, 5.74) is 2.81. The predicted molar refractivity (Wildman–Crippen MR) is 171 cm³/mol. The number of nitrogens with one attached hydrogen (secondary N) is 2. The Balaban J connectivity index is 1.01. The summed E-state index contributed by atoms with van der Waals surface area (Å²) >= 11 is 0. The van der Waals surface area contributed by atoms with Gasteiger partial charge in [0.2, 0.25) is 17.8 Å². The van der Waals surface area contributed by atoms with E-state index < -0.39 is 34.6 Å². The van der Waals surface area contributed by atoms with E-state index in [0.29, 0.717) is 43.4 Å². The molecule has 2 N–H and O–H groups in total. The van der Waals surface area contributed by atoms with E-state index in [4.69, 9.17) is 9.97 Å². The molecule has 3 aliphatic heterocycles. The molecule has 0 saturated carbocycles. The molecular weight excluding hydrogens is 602 g/mol. The van der Waals surface area contributed by atoms with Crippen molar-refractivity contribution >= 4 is 52.0 Å². The first-order valence-electron chi connectivity index (χ1n) is 15.1. The van der Waals surface area contributed by atoms with Gasteiger partial charge in [0.1, 0.15) is 11.9 Å². The van der Waals surface area contributed by atoms with Gasteiger partial charge < -0.3 is 10.2 Å². The van der Waals surface area contributed by atoms with Crippen LogP contribution in [0.25, 0.3) is 10.9 Å². The molecule has 234 valence electrons. The number of benzene rings is 3. The SMILES string of the molecule is O=C1CCC(N2C(=O)c3ccc(C#CC4CN(c5nc(NCCc6ccc([N+](=O)[O-])cc6)c6ccccc6n5)C4)cc3C2=O)C(=O)N1. The van der Waals surface area contributed by atoms with E-state index in [2.05, 4.69) is 22.5 Å². The van der Waals surface area contributed by atoms with Crippen LogP contribution in [0.15, 0.2) is 66.7 Å². The van der Waals surface area contributed by atoms with E-state index >= 15 is 0 Å². The number of anilines is 2. The van der Waals surface area contributed by atoms with E-state index in [-0.39, 0.29) is 35.6 Å². The Morgan fingerprint density at radius 1 is 0.957 bits per heavy atom. The van der Waals surface area contributed by atoms with E-state index in [1.165, 1.54) is 12.1 Å². The van der Waals surface area contributed by atoms with Crippen molar-refractivity contribution < 1.29 is 24.1 Å². The lowest BCUT2D eigenvalue weighted by Crippen LogP contribution is -2.54. The highest BCUT2D eigenvalue weighted by Crippen LogP contribution is 2.30. The highest BCUT2D eigenvalue weighted by atomic mass is 16.6. The second-order valence-electron chi connectivity index (χ2n) is 11.6. The molecule has 3 aliphatic rings. The Morgan fingerprint density at radius 3 is 2.49 bits per heavy atom. The molecule has 0 spiro atoms. The summed E-state index contributed by atoms with van der Waals surface area (Å²) in [7, 11) is 0. The van der Waals surface area contributed by atoms with Crippen molar-refractivity contribution in [2.75, 3.05) is 29.9 Å². The minimum Gasteiger partial charge on any atom is -0.369 e. The molecule has 4 amide bonds. The molecule has 4 aromatic rings. The summed E-state index contributed by atoms with van der Waals surface area (Å²) in [6, 6.07) is 18.0. The van der Waals surface area contributed by atoms with Gasteiger partial charge in [-0.3, -0.25) is 39.5 Å². The molecule has 2 fully saturated rings. The first kappa shape index (κ1) is 29.5. The third-order valence-corrected chi connectivity index (χ3v) is 8.47. The van der Waals surface area contributed by atoms with Crippen LogP contribution in [0.2, 0.25) is 0 Å². The fourth-order valence-electron chi connectivity index (χ4n) is 5.92. The minimum atomic E-state index is -1.02. The van der Waals surface area contributed by atoms with Crippen LogP contribution in [0.5, 0.6) is 0 Å². The molecule has 7 rings (SSSR count). The molecular formula is C34H27N7O6. The number of carbonyl (C=O) groups excluding carboxylic acids is 4. The van der Waals surface area contributed by atoms with E-state index in [1.54, 1.807) is 30.3 Å². The number of aromatic nitrogens is 2. The lowest BCUT2D eigenvalue weighted by molar-refractivity contribution is -0.384. The second kappa shape index (κ2) is 12.0. The molecule has 47 heavy (non-hydrogen) atoms. The van der Waals surface area contributed by atoms with Crippen LogP contribution in [-0.2, 0) is 16.0 Å². The standard InChI is InChI=1S/C34H27N7O6/c42-29-14-13-28(31(43)37-29)40-32(44)24-12-9-21(17-26(24)33(40)45)5-6-22-18-39(19-22)34-36-27-4-2-1-3-25(27)30(38-34)35-16-15-20-7-10-23(11-8-20)41(46)47/h1-4,7-12,17,22,28H,13-16,18-19H2,(H,35,36,38)(H,37,42,43). The van der Waals surface area contributed by atoms with Crippen LogP contribution < -0.4 is 15.5 Å². The van der Waals surface area contributed by atoms with Crippen LogP contribution >= 0.6 is 0 Å². The maximum absolute atomic E-state index is 13.1. The predicted octanol–water partition coefficient (Wildman–Crippen LogP) is 3.08. The fourth-order valence-corrected chi connectivity index (χ4v) is 5.92. The summed E-state index contributed by atoms with van der Waals surface area (Å²) in [4.78, 5) is 73.0. The van der Waals surface area contributed by atoms with Gasteiger partial charge in [-0.25, -0.2) is 4.98 Å². The third-order valence-electron chi connectivity index (χ3n) is 8.47. The number of hydrogen-bond acceptors (Lipinski definition) is 10. The van der Waals surface area contributed by atoms with Crippen molar-refractivity contribution in [3.63, 3.8) is 0 Å². The normalized spacial score (nSPS) is 17.6. The maximum atomic E-state index is 13.1. The minimum absolute atomic E-state index is 0.0363. The largest absolute Gasteiger partial charge is 0.369 e.